The van der Waals surface area contributed by atoms with Gasteiger partial charge in [-0.1, -0.05) is 0 Å². The second kappa shape index (κ2) is 9.10. The molecule has 0 radical (unpaired) electrons. The first-order valence-corrected chi connectivity index (χ1v) is 8.20. The molecule has 24 heavy (non-hydrogen) atoms. The van der Waals surface area contributed by atoms with Crippen molar-refractivity contribution in [2.24, 2.45) is 5.92 Å². The zero-order valence-electron chi connectivity index (χ0n) is 13.5. The smallest absolute Gasteiger partial charge is 0.317 e. The van der Waals surface area contributed by atoms with Crippen LogP contribution in [0.1, 0.15) is 25.7 Å². The van der Waals surface area contributed by atoms with Crippen LogP contribution >= 0.6 is 0 Å². The van der Waals surface area contributed by atoms with Crippen LogP contribution in [0.25, 0.3) is 0 Å². The molecule has 2 N–H and O–H groups in total. The van der Waals surface area contributed by atoms with E-state index in [1.54, 1.807) is 17.0 Å². The lowest BCUT2D eigenvalue weighted by molar-refractivity contribution is -0.143. The first kappa shape index (κ1) is 18.0. The van der Waals surface area contributed by atoms with Gasteiger partial charge >= 0.3 is 12.0 Å². The molecule has 0 atom stereocenters. The Kier molecular flexibility index (Phi) is 6.84. The molecule has 1 saturated heterocycles. The normalized spacial score (nSPS) is 15.1. The van der Waals surface area contributed by atoms with Crippen molar-refractivity contribution >= 4 is 12.0 Å². The molecular formula is C17H23FN2O4. The summed E-state index contributed by atoms with van der Waals surface area (Å²) < 4.78 is 18.2. The van der Waals surface area contributed by atoms with E-state index in [0.717, 1.165) is 12.8 Å². The predicted molar refractivity (Wildman–Crippen MR) is 86.5 cm³/mol. The molecule has 1 heterocycles. The summed E-state index contributed by atoms with van der Waals surface area (Å²) in [7, 11) is 0. The van der Waals surface area contributed by atoms with Gasteiger partial charge < -0.3 is 20.1 Å². The highest BCUT2D eigenvalue weighted by Gasteiger charge is 2.26. The Morgan fingerprint density at radius 2 is 1.88 bits per heavy atom. The number of benzene rings is 1. The Morgan fingerprint density at radius 3 is 2.50 bits per heavy atom. The van der Waals surface area contributed by atoms with Crippen LogP contribution in [0.15, 0.2) is 24.3 Å². The SMILES string of the molecule is O=C(O)C1CCN(C(=O)NCCCCOc2ccc(F)cc2)CC1. The van der Waals surface area contributed by atoms with Gasteiger partial charge in [0.2, 0.25) is 0 Å². The molecule has 1 fully saturated rings. The van der Waals surface area contributed by atoms with E-state index < -0.39 is 5.97 Å². The molecule has 0 aromatic heterocycles. The number of nitrogens with one attached hydrogen (secondary N) is 1. The number of carboxylic acid groups (broad SMARTS) is 1. The Morgan fingerprint density at radius 1 is 1.21 bits per heavy atom. The summed E-state index contributed by atoms with van der Waals surface area (Å²) in [4.78, 5) is 24.5. The average Bonchev–Trinajstić information content (AvgIpc) is 2.59. The topological polar surface area (TPSA) is 78.9 Å². The maximum Gasteiger partial charge on any atom is 0.317 e. The van der Waals surface area contributed by atoms with Gasteiger partial charge in [-0.3, -0.25) is 4.79 Å². The number of halogens is 1. The molecule has 0 bridgehead atoms. The number of amides is 2. The van der Waals surface area contributed by atoms with Crippen molar-refractivity contribution in [2.45, 2.75) is 25.7 Å². The van der Waals surface area contributed by atoms with Crippen LogP contribution in [-0.4, -0.2) is 48.2 Å². The van der Waals surface area contributed by atoms with Crippen molar-refractivity contribution in [3.8, 4) is 5.75 Å². The largest absolute Gasteiger partial charge is 0.494 e. The summed E-state index contributed by atoms with van der Waals surface area (Å²) >= 11 is 0. The number of nitrogens with zero attached hydrogens (tertiary/aromatic N) is 1. The lowest BCUT2D eigenvalue weighted by atomic mass is 9.97. The van der Waals surface area contributed by atoms with Crippen molar-refractivity contribution in [2.75, 3.05) is 26.2 Å². The summed E-state index contributed by atoms with van der Waals surface area (Å²) in [5.74, 6) is -0.784. The number of carboxylic acids is 1. The average molecular weight is 338 g/mol. The molecule has 1 aliphatic heterocycles. The van der Waals surface area contributed by atoms with Crippen LogP contribution in [-0.2, 0) is 4.79 Å². The van der Waals surface area contributed by atoms with Crippen LogP contribution in [0, 0.1) is 11.7 Å². The van der Waals surface area contributed by atoms with Crippen molar-refractivity contribution in [3.05, 3.63) is 30.1 Å². The number of carbonyl (C=O) groups excluding carboxylic acids is 1. The summed E-state index contributed by atoms with van der Waals surface area (Å²) in [6.07, 6.45) is 2.57. The summed E-state index contributed by atoms with van der Waals surface area (Å²) in [6, 6.07) is 5.72. The number of unbranched alkanes of at least 4 members (excludes halogenated alkanes) is 1. The van der Waals surface area contributed by atoms with E-state index in [4.69, 9.17) is 9.84 Å². The Labute approximate surface area is 140 Å². The van der Waals surface area contributed by atoms with Crippen molar-refractivity contribution in [1.29, 1.82) is 0 Å². The zero-order chi connectivity index (χ0) is 17.4. The molecule has 0 unspecified atom stereocenters. The molecule has 0 saturated carbocycles. The van der Waals surface area contributed by atoms with Crippen molar-refractivity contribution in [1.82, 2.24) is 10.2 Å². The van der Waals surface area contributed by atoms with Gasteiger partial charge in [-0.05, 0) is 49.9 Å². The maximum absolute atomic E-state index is 12.7. The van der Waals surface area contributed by atoms with Gasteiger partial charge in [0.25, 0.3) is 0 Å². The highest BCUT2D eigenvalue weighted by atomic mass is 19.1. The lowest BCUT2D eigenvalue weighted by Gasteiger charge is -2.30. The van der Waals surface area contributed by atoms with Crippen molar-refractivity contribution in [3.63, 3.8) is 0 Å². The first-order valence-electron chi connectivity index (χ1n) is 8.20. The van der Waals surface area contributed by atoms with Crippen LogP contribution in [0.2, 0.25) is 0 Å². The van der Waals surface area contributed by atoms with Crippen LogP contribution in [0.3, 0.4) is 0 Å². The number of urea groups is 1. The van der Waals surface area contributed by atoms with E-state index in [0.29, 0.717) is 44.8 Å². The van der Waals surface area contributed by atoms with E-state index in [1.807, 2.05) is 0 Å². The molecule has 132 valence electrons. The van der Waals surface area contributed by atoms with Crippen molar-refractivity contribution < 1.29 is 23.8 Å². The minimum absolute atomic E-state index is 0.140. The minimum atomic E-state index is -0.781. The fourth-order valence-electron chi connectivity index (χ4n) is 2.58. The molecule has 1 aliphatic rings. The van der Waals surface area contributed by atoms with E-state index >= 15 is 0 Å². The van der Waals surface area contributed by atoms with E-state index in [9.17, 15) is 14.0 Å². The van der Waals surface area contributed by atoms with Gasteiger partial charge in [0.15, 0.2) is 0 Å². The molecule has 1 aromatic rings. The van der Waals surface area contributed by atoms with E-state index in [-0.39, 0.29) is 17.8 Å². The fourth-order valence-corrected chi connectivity index (χ4v) is 2.58. The van der Waals surface area contributed by atoms with Crippen LogP contribution in [0.4, 0.5) is 9.18 Å². The zero-order valence-corrected chi connectivity index (χ0v) is 13.5. The molecular weight excluding hydrogens is 315 g/mol. The third-order valence-electron chi connectivity index (χ3n) is 4.06. The number of hydrogen-bond acceptors (Lipinski definition) is 3. The highest BCUT2D eigenvalue weighted by molar-refractivity contribution is 5.75. The molecule has 2 amide bonds. The number of hydrogen-bond donors (Lipinski definition) is 2. The number of aliphatic carboxylic acids is 1. The van der Waals surface area contributed by atoms with Crippen LogP contribution < -0.4 is 10.1 Å². The maximum atomic E-state index is 12.7. The highest BCUT2D eigenvalue weighted by Crippen LogP contribution is 2.17. The number of piperidine rings is 1. The van der Waals surface area contributed by atoms with Gasteiger partial charge in [-0.2, -0.15) is 0 Å². The number of ether oxygens (including phenoxy) is 1. The first-order chi connectivity index (χ1) is 11.6. The van der Waals surface area contributed by atoms with E-state index in [1.165, 1.54) is 12.1 Å². The minimum Gasteiger partial charge on any atom is -0.494 e. The molecule has 2 rings (SSSR count). The number of carbonyl (C=O) groups is 2. The number of rotatable bonds is 7. The predicted octanol–water partition coefficient (Wildman–Crippen LogP) is 2.49. The van der Waals surface area contributed by atoms with Gasteiger partial charge in [-0.15, -0.1) is 0 Å². The molecule has 0 spiro atoms. The standard InChI is InChI=1S/C17H23FN2O4/c18-14-3-5-15(6-4-14)24-12-2-1-9-19-17(23)20-10-7-13(8-11-20)16(21)22/h3-6,13H,1-2,7-12H2,(H,19,23)(H,21,22). The monoisotopic (exact) mass is 338 g/mol. The Hall–Kier alpha value is -2.31. The second-order valence-electron chi connectivity index (χ2n) is 5.84. The molecule has 7 heteroatoms. The lowest BCUT2D eigenvalue weighted by Crippen LogP contribution is -2.45. The third kappa shape index (κ3) is 5.72. The molecule has 1 aromatic carbocycles. The second-order valence-corrected chi connectivity index (χ2v) is 5.84. The molecule has 6 nitrogen and oxygen atoms in total. The Bertz CT molecular complexity index is 542. The third-order valence-corrected chi connectivity index (χ3v) is 4.06. The van der Waals surface area contributed by atoms with E-state index in [2.05, 4.69) is 5.32 Å². The summed E-state index contributed by atoms with van der Waals surface area (Å²) in [6.45, 7) is 2.02. The fraction of sp³-hybridized carbons (Fsp3) is 0.529. The number of likely N-dealkylation sites (tertiary alicyclic amines) is 1. The summed E-state index contributed by atoms with van der Waals surface area (Å²) in [5.41, 5.74) is 0. The Balaban J connectivity index is 1.53. The van der Waals surface area contributed by atoms with Gasteiger partial charge in [0.05, 0.1) is 12.5 Å². The van der Waals surface area contributed by atoms with Crippen LogP contribution in [0.5, 0.6) is 5.75 Å². The summed E-state index contributed by atoms with van der Waals surface area (Å²) in [5, 5.41) is 11.8. The molecule has 0 aliphatic carbocycles. The van der Waals surface area contributed by atoms with Gasteiger partial charge in [0, 0.05) is 19.6 Å². The van der Waals surface area contributed by atoms with Gasteiger partial charge in [0.1, 0.15) is 11.6 Å². The quantitative estimate of drug-likeness (QED) is 0.749. The van der Waals surface area contributed by atoms with Gasteiger partial charge in [-0.25, -0.2) is 9.18 Å².